The highest BCUT2D eigenvalue weighted by molar-refractivity contribution is 5.99. The lowest BCUT2D eigenvalue weighted by Crippen LogP contribution is -2.63. The van der Waals surface area contributed by atoms with Crippen LogP contribution in [0.5, 0.6) is 0 Å². The summed E-state index contributed by atoms with van der Waals surface area (Å²) in [5, 5.41) is 32.8. The van der Waals surface area contributed by atoms with Crippen LogP contribution >= 0.6 is 0 Å². The zero-order chi connectivity index (χ0) is 70.4. The normalized spacial score (nSPS) is 25.9. The number of carbonyl (C=O) groups is 11. The van der Waals surface area contributed by atoms with E-state index in [1.54, 1.807) is 60.6 Å². The van der Waals surface area contributed by atoms with Crippen molar-refractivity contribution in [2.45, 2.75) is 216 Å². The Hall–Kier alpha value is -6.47. The average molecular weight is 1290 g/mol. The molecule has 1 heterocycles. The Morgan fingerprint density at radius 1 is 0.538 bits per heavy atom. The minimum Gasteiger partial charge on any atom is -0.392 e. The van der Waals surface area contributed by atoms with Gasteiger partial charge in [0.1, 0.15) is 60.4 Å². The molecule has 1 saturated heterocycles. The van der Waals surface area contributed by atoms with Gasteiger partial charge in [-0.15, -0.1) is 0 Å². The van der Waals surface area contributed by atoms with E-state index in [4.69, 9.17) is 4.74 Å². The largest absolute Gasteiger partial charge is 0.392 e. The van der Waals surface area contributed by atoms with Gasteiger partial charge in [-0.3, -0.25) is 52.7 Å². The van der Waals surface area contributed by atoms with E-state index in [-0.39, 0.29) is 68.0 Å². The van der Waals surface area contributed by atoms with Crippen molar-refractivity contribution in [2.75, 3.05) is 75.7 Å². The standard InChI is InChI=1S/C66H117N11O14/c1-25-27-28-44(16)56(80)55-60(84)68-46(26-2)61(85)71(18)33-52(79)72(19)48(29-37(3)4)59(83)70-53(41(11)12)65(89)73(20)49(30-38(5)6)58(82)67-45(17)57(81)69-47(36-91-35-43(15)34-78)62(86)74(21)50(31-39(7)8)63(87)75(22)51(32-40(9)10)64(88)76(23)54(42(13)14)66(90)77(55)24/h25,27,37-42,44-51,53-56,78,80H,15,26,28-36H2,1-14,16-24H3,(H,67,82)(H,68,84)(H,69,81)(H,70,83)/b27-25+/t44-,45+,46+,47-,48+,49+,50+,51+,53+,54+,55+,56-/m1/s1. The van der Waals surface area contributed by atoms with E-state index in [0.717, 1.165) is 9.80 Å². The molecule has 1 aliphatic heterocycles. The summed E-state index contributed by atoms with van der Waals surface area (Å²) >= 11 is 0. The molecule has 11 amide bonds. The number of aliphatic hydroxyl groups excluding tert-OH is 2. The first kappa shape index (κ1) is 82.5. The fraction of sp³-hybridized carbons (Fsp3) is 0.773. The number of nitrogens with zero attached hydrogens (tertiary/aromatic N) is 7. The highest BCUT2D eigenvalue weighted by Crippen LogP contribution is 2.26. The second kappa shape index (κ2) is 38.5. The van der Waals surface area contributed by atoms with Gasteiger partial charge in [0.15, 0.2) is 0 Å². The Kier molecular flexibility index (Phi) is 34.9. The maximum Gasteiger partial charge on any atom is 0.247 e. The molecule has 0 spiro atoms. The quantitative estimate of drug-likeness (QED) is 0.0956. The third kappa shape index (κ3) is 24.2. The number of rotatable bonds is 20. The molecule has 0 radical (unpaired) electrons. The third-order valence-electron chi connectivity index (χ3n) is 16.8. The fourth-order valence-corrected chi connectivity index (χ4v) is 11.1. The SMILES string of the molecule is C=C(CO)COC[C@H]1NC(=O)[C@H](C)NC(=O)[C@H](CC(C)C)N(C)C(=O)[C@H](C(C)C)NC(=O)[C@H](CC(C)C)N(C)C(=O)CN(C)C(=O)[C@H](CC)NC(=O)[C@H]([C@H](O)[C@H](C)C/C=C/C)N(C)C(=O)[C@H](C(C)C)N(C)C(=O)[C@H](CC(C)C)N(C)C(=O)[C@H](CC(C)C)N(C)C1=O. The van der Waals surface area contributed by atoms with E-state index in [0.29, 0.717) is 6.42 Å². The summed E-state index contributed by atoms with van der Waals surface area (Å²) in [6.45, 7) is 30.2. The fourth-order valence-electron chi connectivity index (χ4n) is 11.1. The molecule has 1 fully saturated rings. The van der Waals surface area contributed by atoms with Gasteiger partial charge in [0.25, 0.3) is 0 Å². The van der Waals surface area contributed by atoms with Gasteiger partial charge in [-0.2, -0.15) is 0 Å². The lowest BCUT2D eigenvalue weighted by atomic mass is 9.91. The summed E-state index contributed by atoms with van der Waals surface area (Å²) < 4.78 is 5.81. The van der Waals surface area contributed by atoms with Crippen LogP contribution in [-0.4, -0.2) is 252 Å². The van der Waals surface area contributed by atoms with Crippen LogP contribution in [0.3, 0.4) is 0 Å². The number of allylic oxidation sites excluding steroid dienone is 2. The monoisotopic (exact) mass is 1290 g/mol. The van der Waals surface area contributed by atoms with E-state index in [2.05, 4.69) is 27.8 Å². The van der Waals surface area contributed by atoms with Gasteiger partial charge in [-0.05, 0) is 99.4 Å². The molecule has 25 nitrogen and oxygen atoms in total. The summed E-state index contributed by atoms with van der Waals surface area (Å²) in [7, 11) is 9.76. The van der Waals surface area contributed by atoms with E-state index >= 15 is 14.4 Å². The first-order chi connectivity index (χ1) is 42.1. The van der Waals surface area contributed by atoms with Gasteiger partial charge >= 0.3 is 0 Å². The average Bonchev–Trinajstić information content (AvgIpc) is 0.952. The number of hydrogen-bond acceptors (Lipinski definition) is 14. The smallest absolute Gasteiger partial charge is 0.247 e. The molecular formula is C66H117N11O14. The van der Waals surface area contributed by atoms with Crippen LogP contribution < -0.4 is 21.3 Å². The molecule has 0 aromatic heterocycles. The molecule has 1 aliphatic rings. The van der Waals surface area contributed by atoms with Crippen molar-refractivity contribution in [3.05, 3.63) is 24.3 Å². The van der Waals surface area contributed by atoms with Crippen molar-refractivity contribution >= 4 is 65.0 Å². The minimum atomic E-state index is -1.64. The lowest BCUT2D eigenvalue weighted by Gasteiger charge is -2.41. The third-order valence-corrected chi connectivity index (χ3v) is 16.8. The summed E-state index contributed by atoms with van der Waals surface area (Å²) in [6, 6.07) is -13.1. The van der Waals surface area contributed by atoms with Gasteiger partial charge < -0.3 is 70.5 Å². The molecule has 0 unspecified atom stereocenters. The van der Waals surface area contributed by atoms with Gasteiger partial charge in [0.05, 0.1) is 32.5 Å². The van der Waals surface area contributed by atoms with E-state index in [1.165, 1.54) is 80.8 Å². The summed E-state index contributed by atoms with van der Waals surface area (Å²) in [6.07, 6.45) is 2.77. The number of likely N-dealkylation sites (N-methyl/N-ethyl adjacent to an activating group) is 7. The molecule has 1 rings (SSSR count). The van der Waals surface area contributed by atoms with Crippen LogP contribution in [0, 0.1) is 41.4 Å². The molecule has 6 N–H and O–H groups in total. The van der Waals surface area contributed by atoms with Crippen LogP contribution in [-0.2, 0) is 57.5 Å². The first-order valence-corrected chi connectivity index (χ1v) is 32.3. The van der Waals surface area contributed by atoms with E-state index in [9.17, 15) is 48.6 Å². The Morgan fingerprint density at radius 2 is 0.978 bits per heavy atom. The zero-order valence-corrected chi connectivity index (χ0v) is 59.2. The summed E-state index contributed by atoms with van der Waals surface area (Å²) in [5.41, 5.74) is 0.260. The maximum atomic E-state index is 15.3. The molecule has 12 atom stereocenters. The molecule has 0 bridgehead atoms. The molecule has 0 aliphatic carbocycles. The second-order valence-corrected chi connectivity index (χ2v) is 27.3. The molecule has 0 saturated carbocycles. The van der Waals surface area contributed by atoms with Crippen LogP contribution in [0.4, 0.5) is 0 Å². The van der Waals surface area contributed by atoms with Crippen LogP contribution in [0.2, 0.25) is 0 Å². The van der Waals surface area contributed by atoms with E-state index in [1.807, 2.05) is 55.4 Å². The summed E-state index contributed by atoms with van der Waals surface area (Å²) in [5.74, 6) is -10.5. The number of ether oxygens (including phenoxy) is 1. The van der Waals surface area contributed by atoms with Gasteiger partial charge in [0, 0.05) is 49.3 Å². The highest BCUT2D eigenvalue weighted by atomic mass is 16.5. The zero-order valence-electron chi connectivity index (χ0n) is 59.2. The number of nitrogens with one attached hydrogen (secondary N) is 4. The Balaban J connectivity index is 4.47. The lowest BCUT2D eigenvalue weighted by molar-refractivity contribution is -0.157. The van der Waals surface area contributed by atoms with Crippen molar-refractivity contribution in [3.63, 3.8) is 0 Å². The molecule has 25 heteroatoms. The molecule has 91 heavy (non-hydrogen) atoms. The molecular weight excluding hydrogens is 1170 g/mol. The van der Waals surface area contributed by atoms with Crippen LogP contribution in [0.15, 0.2) is 24.3 Å². The van der Waals surface area contributed by atoms with Crippen molar-refractivity contribution in [2.24, 2.45) is 41.4 Å². The molecule has 520 valence electrons. The van der Waals surface area contributed by atoms with Crippen LogP contribution in [0.1, 0.15) is 149 Å². The van der Waals surface area contributed by atoms with Crippen molar-refractivity contribution in [1.29, 1.82) is 0 Å². The minimum absolute atomic E-state index is 0.00689. The van der Waals surface area contributed by atoms with E-state index < -0.39 is 169 Å². The van der Waals surface area contributed by atoms with Crippen LogP contribution in [0.25, 0.3) is 0 Å². The number of carbonyl (C=O) groups excluding carboxylic acids is 11. The van der Waals surface area contributed by atoms with Crippen molar-refractivity contribution in [1.82, 2.24) is 55.6 Å². The Morgan fingerprint density at radius 3 is 1.44 bits per heavy atom. The second-order valence-electron chi connectivity index (χ2n) is 27.3. The maximum absolute atomic E-state index is 15.3. The van der Waals surface area contributed by atoms with Gasteiger partial charge in [-0.1, -0.05) is 116 Å². The molecule has 0 aromatic rings. The Bertz CT molecular complexity index is 2500. The van der Waals surface area contributed by atoms with Crippen molar-refractivity contribution in [3.8, 4) is 0 Å². The summed E-state index contributed by atoms with van der Waals surface area (Å²) in [4.78, 5) is 171. The van der Waals surface area contributed by atoms with Gasteiger partial charge in [0.2, 0.25) is 65.0 Å². The number of amides is 11. The topological polar surface area (TPSA) is 308 Å². The van der Waals surface area contributed by atoms with Gasteiger partial charge in [-0.25, -0.2) is 0 Å². The highest BCUT2D eigenvalue weighted by Gasteiger charge is 2.46. The molecule has 0 aromatic carbocycles. The predicted octanol–water partition coefficient (Wildman–Crippen LogP) is 2.81. The number of aliphatic hydroxyl groups is 2. The number of hydrogen-bond donors (Lipinski definition) is 6. The van der Waals surface area contributed by atoms with Crippen molar-refractivity contribution < 1.29 is 67.7 Å². The Labute approximate surface area is 543 Å². The predicted molar refractivity (Wildman–Crippen MR) is 350 cm³/mol. The first-order valence-electron chi connectivity index (χ1n) is 32.3.